The number of aryl methyl sites for hydroxylation is 1. The van der Waals surface area contributed by atoms with Gasteiger partial charge in [-0.1, -0.05) is 11.6 Å². The highest BCUT2D eigenvalue weighted by molar-refractivity contribution is 6.31. The van der Waals surface area contributed by atoms with Crippen molar-refractivity contribution in [3.05, 3.63) is 28.9 Å². The molecule has 0 aliphatic heterocycles. The van der Waals surface area contributed by atoms with Gasteiger partial charge in [0.25, 0.3) is 0 Å². The zero-order valence-corrected chi connectivity index (χ0v) is 7.71. The summed E-state index contributed by atoms with van der Waals surface area (Å²) in [5.74, 6) is 0. The van der Waals surface area contributed by atoms with Crippen molar-refractivity contribution in [3.8, 4) is 6.07 Å². The van der Waals surface area contributed by atoms with Gasteiger partial charge in [0.1, 0.15) is 11.8 Å². The average molecular weight is 192 g/mol. The minimum Gasteiger partial charge on any atom is -0.257 e. The van der Waals surface area contributed by atoms with Crippen LogP contribution in [0.4, 0.5) is 0 Å². The maximum atomic E-state index is 8.83. The fourth-order valence-corrected chi connectivity index (χ4v) is 1.47. The van der Waals surface area contributed by atoms with Crippen LogP contribution in [0.3, 0.4) is 0 Å². The van der Waals surface area contributed by atoms with Crippen LogP contribution in [-0.2, 0) is 7.05 Å². The summed E-state index contributed by atoms with van der Waals surface area (Å²) in [5.41, 5.74) is 1.32. The summed E-state index contributed by atoms with van der Waals surface area (Å²) in [7, 11) is 1.74. The Morgan fingerprint density at radius 1 is 1.54 bits per heavy atom. The highest BCUT2D eigenvalue weighted by atomic mass is 35.5. The van der Waals surface area contributed by atoms with Crippen molar-refractivity contribution in [1.29, 1.82) is 5.26 Å². The smallest absolute Gasteiger partial charge is 0.146 e. The van der Waals surface area contributed by atoms with E-state index < -0.39 is 0 Å². The largest absolute Gasteiger partial charge is 0.257 e. The number of rotatable bonds is 0. The lowest BCUT2D eigenvalue weighted by Gasteiger charge is -1.88. The van der Waals surface area contributed by atoms with E-state index in [4.69, 9.17) is 16.9 Å². The molecule has 0 saturated heterocycles. The Hall–Kier alpha value is -1.53. The van der Waals surface area contributed by atoms with Gasteiger partial charge in [-0.2, -0.15) is 10.4 Å². The Kier molecular flexibility index (Phi) is 1.71. The number of nitriles is 1. The molecule has 0 unspecified atom stereocenters. The van der Waals surface area contributed by atoms with Gasteiger partial charge in [0.05, 0.1) is 5.52 Å². The molecule has 4 heteroatoms. The summed E-state index contributed by atoms with van der Waals surface area (Å²) in [5, 5.41) is 14.5. The predicted molar refractivity (Wildman–Crippen MR) is 50.4 cm³/mol. The van der Waals surface area contributed by atoms with Crippen molar-refractivity contribution in [3.63, 3.8) is 0 Å². The van der Waals surface area contributed by atoms with Gasteiger partial charge in [-0.15, -0.1) is 0 Å². The van der Waals surface area contributed by atoms with E-state index in [9.17, 15) is 0 Å². The second-order valence-corrected chi connectivity index (χ2v) is 3.18. The molecule has 13 heavy (non-hydrogen) atoms. The van der Waals surface area contributed by atoms with Gasteiger partial charge < -0.3 is 0 Å². The van der Waals surface area contributed by atoms with Gasteiger partial charge >= 0.3 is 0 Å². The quantitative estimate of drug-likeness (QED) is 0.640. The molecule has 0 atom stereocenters. The van der Waals surface area contributed by atoms with Crippen LogP contribution in [0.5, 0.6) is 0 Å². The molecular weight excluding hydrogens is 186 g/mol. The van der Waals surface area contributed by atoms with Crippen LogP contribution in [0.25, 0.3) is 10.9 Å². The highest BCUT2D eigenvalue weighted by Gasteiger charge is 2.07. The highest BCUT2D eigenvalue weighted by Crippen LogP contribution is 2.20. The first-order valence-corrected chi connectivity index (χ1v) is 4.12. The molecule has 0 radical (unpaired) electrons. The molecule has 0 N–H and O–H groups in total. The summed E-state index contributed by atoms with van der Waals surface area (Å²) in [6.07, 6.45) is 0. The molecule has 3 nitrogen and oxygen atoms in total. The van der Waals surface area contributed by atoms with Crippen LogP contribution in [0.15, 0.2) is 18.2 Å². The normalized spacial score (nSPS) is 10.2. The number of hydrogen-bond donors (Lipinski definition) is 0. The Morgan fingerprint density at radius 2 is 2.31 bits per heavy atom. The third-order valence-electron chi connectivity index (χ3n) is 1.90. The van der Waals surface area contributed by atoms with E-state index in [0.717, 1.165) is 10.9 Å². The topological polar surface area (TPSA) is 41.6 Å². The molecule has 0 saturated carbocycles. The van der Waals surface area contributed by atoms with Gasteiger partial charge in [0.2, 0.25) is 0 Å². The van der Waals surface area contributed by atoms with E-state index >= 15 is 0 Å². The predicted octanol–water partition coefficient (Wildman–Crippen LogP) is 2.10. The van der Waals surface area contributed by atoms with Crippen molar-refractivity contribution < 1.29 is 0 Å². The van der Waals surface area contributed by atoms with Crippen LogP contribution in [0, 0.1) is 11.3 Å². The fraction of sp³-hybridized carbons (Fsp3) is 0.111. The van der Waals surface area contributed by atoms with Gasteiger partial charge in [-0.05, 0) is 18.2 Å². The Balaban J connectivity index is 2.88. The fourth-order valence-electron chi connectivity index (χ4n) is 1.31. The van der Waals surface area contributed by atoms with E-state index in [1.54, 1.807) is 23.9 Å². The van der Waals surface area contributed by atoms with Crippen LogP contribution < -0.4 is 0 Å². The first-order chi connectivity index (χ1) is 6.22. The maximum absolute atomic E-state index is 8.83. The summed E-state index contributed by atoms with van der Waals surface area (Å²) in [4.78, 5) is 0. The molecule has 0 amide bonds. The minimum atomic E-state index is 0.562. The molecule has 64 valence electrons. The first-order valence-electron chi connectivity index (χ1n) is 3.75. The second-order valence-electron chi connectivity index (χ2n) is 2.75. The van der Waals surface area contributed by atoms with E-state index in [2.05, 4.69) is 11.2 Å². The van der Waals surface area contributed by atoms with Gasteiger partial charge in [0.15, 0.2) is 0 Å². The summed E-state index contributed by atoms with van der Waals surface area (Å²) < 4.78 is 1.56. The van der Waals surface area contributed by atoms with Crippen molar-refractivity contribution in [2.45, 2.75) is 0 Å². The number of halogens is 1. The summed E-state index contributed by atoms with van der Waals surface area (Å²) in [6, 6.07) is 7.41. The molecule has 2 rings (SSSR count). The van der Waals surface area contributed by atoms with Gasteiger partial charge in [-0.3, -0.25) is 4.68 Å². The van der Waals surface area contributed by atoms with Crippen molar-refractivity contribution in [1.82, 2.24) is 9.78 Å². The number of fused-ring (bicyclic) bond motifs is 1. The van der Waals surface area contributed by atoms with Gasteiger partial charge in [0, 0.05) is 17.5 Å². The van der Waals surface area contributed by atoms with Gasteiger partial charge in [-0.25, -0.2) is 0 Å². The zero-order chi connectivity index (χ0) is 9.42. The summed E-state index contributed by atoms with van der Waals surface area (Å²) >= 11 is 5.79. The van der Waals surface area contributed by atoms with Crippen LogP contribution in [-0.4, -0.2) is 9.78 Å². The molecule has 0 spiro atoms. The lowest BCUT2D eigenvalue weighted by atomic mass is 10.2. The van der Waals surface area contributed by atoms with E-state index in [-0.39, 0.29) is 0 Å². The number of aromatic nitrogens is 2. The van der Waals surface area contributed by atoms with Crippen LogP contribution in [0.1, 0.15) is 5.69 Å². The number of nitrogens with zero attached hydrogens (tertiary/aromatic N) is 3. The lowest BCUT2D eigenvalue weighted by molar-refractivity contribution is 0.767. The van der Waals surface area contributed by atoms with Crippen molar-refractivity contribution in [2.24, 2.45) is 7.05 Å². The Labute approximate surface area is 80.1 Å². The van der Waals surface area contributed by atoms with E-state index in [0.29, 0.717) is 10.7 Å². The van der Waals surface area contributed by atoms with Crippen LogP contribution >= 0.6 is 11.6 Å². The number of benzene rings is 1. The zero-order valence-electron chi connectivity index (χ0n) is 6.95. The molecule has 0 fully saturated rings. The van der Waals surface area contributed by atoms with E-state index in [1.807, 2.05) is 6.07 Å². The molecule has 0 aliphatic rings. The molecule has 2 aromatic rings. The SMILES string of the molecule is Cn1nc2cc(Cl)ccc2c1C#N. The Bertz CT molecular complexity index is 507. The molecule has 1 aromatic heterocycles. The third kappa shape index (κ3) is 1.16. The Morgan fingerprint density at radius 3 is 3.00 bits per heavy atom. The third-order valence-corrected chi connectivity index (χ3v) is 2.14. The average Bonchev–Trinajstić information content (AvgIpc) is 2.39. The maximum Gasteiger partial charge on any atom is 0.146 e. The lowest BCUT2D eigenvalue weighted by Crippen LogP contribution is -1.92. The molecule has 1 heterocycles. The van der Waals surface area contributed by atoms with Crippen molar-refractivity contribution in [2.75, 3.05) is 0 Å². The standard InChI is InChI=1S/C9H6ClN3/c1-13-9(5-11)7-3-2-6(10)4-8(7)12-13/h2-4H,1H3. The minimum absolute atomic E-state index is 0.562. The monoisotopic (exact) mass is 191 g/mol. The molecular formula is C9H6ClN3. The van der Waals surface area contributed by atoms with Crippen molar-refractivity contribution >= 4 is 22.5 Å². The molecule has 1 aromatic carbocycles. The van der Waals surface area contributed by atoms with Crippen LogP contribution in [0.2, 0.25) is 5.02 Å². The van der Waals surface area contributed by atoms with E-state index in [1.165, 1.54) is 0 Å². The molecule has 0 aliphatic carbocycles. The first kappa shape index (κ1) is 8.09. The molecule has 0 bridgehead atoms. The summed E-state index contributed by atoms with van der Waals surface area (Å²) in [6.45, 7) is 0. The second kappa shape index (κ2) is 2.75. The number of hydrogen-bond acceptors (Lipinski definition) is 2.